The minimum absolute atomic E-state index is 0.224. The van der Waals surface area contributed by atoms with E-state index in [2.05, 4.69) is 15.9 Å². The predicted molar refractivity (Wildman–Crippen MR) is 49.7 cm³/mol. The molecule has 0 saturated carbocycles. The zero-order valence-corrected chi connectivity index (χ0v) is 8.54. The van der Waals surface area contributed by atoms with Gasteiger partial charge < -0.3 is 5.73 Å². The van der Waals surface area contributed by atoms with Crippen LogP contribution in [0.2, 0.25) is 0 Å². The molecule has 0 radical (unpaired) electrons. The smallest absolute Gasteiger partial charge is 0.253 e. The number of alkyl halides is 2. The molecule has 0 aliphatic rings. The molecule has 0 fully saturated rings. The van der Waals surface area contributed by atoms with E-state index in [9.17, 15) is 8.78 Å². The summed E-state index contributed by atoms with van der Waals surface area (Å²) in [7, 11) is 0. The van der Waals surface area contributed by atoms with Crippen LogP contribution in [-0.2, 0) is 6.42 Å². The number of halogens is 3. The van der Waals surface area contributed by atoms with Gasteiger partial charge in [-0.1, -0.05) is 0 Å². The first-order valence-corrected chi connectivity index (χ1v) is 5.04. The molecule has 1 aromatic heterocycles. The second-order valence-corrected chi connectivity index (χ2v) is 4.66. The van der Waals surface area contributed by atoms with Crippen molar-refractivity contribution < 1.29 is 8.78 Å². The van der Waals surface area contributed by atoms with Gasteiger partial charge in [-0.15, -0.1) is 11.3 Å². The summed E-state index contributed by atoms with van der Waals surface area (Å²) in [5.74, 6) is 0. The molecule has 0 aromatic carbocycles. The van der Waals surface area contributed by atoms with Crippen molar-refractivity contribution in [2.24, 2.45) is 5.73 Å². The van der Waals surface area contributed by atoms with Crippen LogP contribution in [0.3, 0.4) is 0 Å². The zero-order chi connectivity index (χ0) is 9.14. The first-order valence-electron chi connectivity index (χ1n) is 3.37. The van der Waals surface area contributed by atoms with Gasteiger partial charge in [0.1, 0.15) is 0 Å². The van der Waals surface area contributed by atoms with Crippen LogP contribution in [0, 0.1) is 0 Å². The van der Waals surface area contributed by atoms with Crippen molar-refractivity contribution in [3.8, 4) is 0 Å². The van der Waals surface area contributed by atoms with Crippen LogP contribution in [0.25, 0.3) is 0 Å². The van der Waals surface area contributed by atoms with Crippen molar-refractivity contribution in [1.82, 2.24) is 0 Å². The molecule has 5 heteroatoms. The lowest BCUT2D eigenvalue weighted by Gasteiger charge is -2.08. The van der Waals surface area contributed by atoms with Gasteiger partial charge in [-0.25, -0.2) is 8.78 Å². The monoisotopic (exact) mass is 255 g/mol. The summed E-state index contributed by atoms with van der Waals surface area (Å²) in [5.41, 5.74) is 6.06. The number of hydrogen-bond acceptors (Lipinski definition) is 2. The Bertz CT molecular complexity index is 251. The van der Waals surface area contributed by atoms with Crippen LogP contribution in [0.1, 0.15) is 5.56 Å². The third kappa shape index (κ3) is 2.50. The molecule has 1 rings (SSSR count). The fourth-order valence-corrected chi connectivity index (χ4v) is 2.08. The van der Waals surface area contributed by atoms with Crippen LogP contribution in [0.5, 0.6) is 0 Å². The first kappa shape index (κ1) is 10.1. The summed E-state index contributed by atoms with van der Waals surface area (Å²) in [6.07, 6.45) is -2.22. The molecule has 1 unspecified atom stereocenters. The predicted octanol–water partition coefficient (Wildman–Crippen LogP) is 2.65. The van der Waals surface area contributed by atoms with Crippen molar-refractivity contribution in [1.29, 1.82) is 0 Å². The molecule has 0 bridgehead atoms. The molecule has 0 spiro atoms. The first-order chi connectivity index (χ1) is 5.61. The molecule has 1 nitrogen and oxygen atoms in total. The largest absolute Gasteiger partial charge is 0.323 e. The van der Waals surface area contributed by atoms with Gasteiger partial charge in [0.2, 0.25) is 0 Å². The third-order valence-electron chi connectivity index (χ3n) is 1.47. The molecule has 12 heavy (non-hydrogen) atoms. The van der Waals surface area contributed by atoms with E-state index in [1.54, 1.807) is 6.07 Å². The van der Waals surface area contributed by atoms with E-state index < -0.39 is 12.5 Å². The maximum absolute atomic E-state index is 12.0. The number of thiophene rings is 1. The molecule has 68 valence electrons. The zero-order valence-electron chi connectivity index (χ0n) is 6.14. The van der Waals surface area contributed by atoms with E-state index in [0.717, 1.165) is 9.35 Å². The molecule has 0 amide bonds. The second kappa shape index (κ2) is 4.30. The summed E-state index contributed by atoms with van der Waals surface area (Å²) in [4.78, 5) is 0. The molecule has 0 saturated heterocycles. The van der Waals surface area contributed by atoms with Gasteiger partial charge in [-0.2, -0.15) is 0 Å². The van der Waals surface area contributed by atoms with E-state index in [1.807, 2.05) is 5.38 Å². The van der Waals surface area contributed by atoms with E-state index in [0.29, 0.717) is 0 Å². The Morgan fingerprint density at radius 1 is 1.58 bits per heavy atom. The third-order valence-corrected chi connectivity index (χ3v) is 3.28. The standard InChI is InChI=1S/C7H8BrF2NS/c8-6-4(1-2-12-6)3-5(11)7(9)10/h1-2,5,7H,3,11H2. The lowest BCUT2D eigenvalue weighted by Crippen LogP contribution is -2.30. The minimum Gasteiger partial charge on any atom is -0.323 e. The van der Waals surface area contributed by atoms with Crippen LogP contribution in [-0.4, -0.2) is 12.5 Å². The average molecular weight is 256 g/mol. The molecule has 0 aliphatic carbocycles. The molecule has 1 heterocycles. The number of hydrogen-bond donors (Lipinski definition) is 1. The lowest BCUT2D eigenvalue weighted by atomic mass is 10.1. The van der Waals surface area contributed by atoms with Crippen molar-refractivity contribution in [2.45, 2.75) is 18.9 Å². The summed E-state index contributed by atoms with van der Waals surface area (Å²) in [5, 5.41) is 1.84. The summed E-state index contributed by atoms with van der Waals surface area (Å²) in [6, 6.07) is 0.743. The highest BCUT2D eigenvalue weighted by Crippen LogP contribution is 2.24. The van der Waals surface area contributed by atoms with E-state index in [4.69, 9.17) is 5.73 Å². The van der Waals surface area contributed by atoms with Gasteiger partial charge in [0.25, 0.3) is 6.43 Å². The Balaban J connectivity index is 2.58. The number of rotatable bonds is 3. The van der Waals surface area contributed by atoms with Crippen LogP contribution in [0.4, 0.5) is 8.78 Å². The van der Waals surface area contributed by atoms with Crippen LogP contribution in [0.15, 0.2) is 15.2 Å². The van der Waals surface area contributed by atoms with Gasteiger partial charge >= 0.3 is 0 Å². The second-order valence-electron chi connectivity index (χ2n) is 2.42. The van der Waals surface area contributed by atoms with Gasteiger partial charge in [-0.3, -0.25) is 0 Å². The Morgan fingerprint density at radius 2 is 2.25 bits per heavy atom. The maximum Gasteiger partial charge on any atom is 0.253 e. The van der Waals surface area contributed by atoms with Crippen molar-refractivity contribution in [3.05, 3.63) is 20.8 Å². The van der Waals surface area contributed by atoms with Gasteiger partial charge in [0, 0.05) is 0 Å². The van der Waals surface area contributed by atoms with Crippen molar-refractivity contribution >= 4 is 27.3 Å². The van der Waals surface area contributed by atoms with Crippen LogP contribution < -0.4 is 5.73 Å². The van der Waals surface area contributed by atoms with E-state index in [-0.39, 0.29) is 6.42 Å². The van der Waals surface area contributed by atoms with Crippen LogP contribution >= 0.6 is 27.3 Å². The Hall–Kier alpha value is -0.000000000000000111. The fourth-order valence-electron chi connectivity index (χ4n) is 0.808. The van der Waals surface area contributed by atoms with Crippen molar-refractivity contribution in [3.63, 3.8) is 0 Å². The van der Waals surface area contributed by atoms with Gasteiger partial charge in [-0.05, 0) is 39.4 Å². The highest BCUT2D eigenvalue weighted by molar-refractivity contribution is 9.11. The molecular formula is C7H8BrF2NS. The summed E-state index contributed by atoms with van der Waals surface area (Å²) >= 11 is 4.74. The Labute approximate surface area is 81.7 Å². The highest BCUT2D eigenvalue weighted by atomic mass is 79.9. The topological polar surface area (TPSA) is 26.0 Å². The average Bonchev–Trinajstić information content (AvgIpc) is 2.36. The van der Waals surface area contributed by atoms with E-state index in [1.165, 1.54) is 11.3 Å². The summed E-state index contributed by atoms with van der Waals surface area (Å²) in [6.45, 7) is 0. The maximum atomic E-state index is 12.0. The summed E-state index contributed by atoms with van der Waals surface area (Å²) < 4.78 is 24.9. The SMILES string of the molecule is NC(Cc1ccsc1Br)C(F)F. The van der Waals surface area contributed by atoms with Gasteiger partial charge in [0.05, 0.1) is 9.83 Å². The lowest BCUT2D eigenvalue weighted by molar-refractivity contribution is 0.116. The molecular weight excluding hydrogens is 248 g/mol. The highest BCUT2D eigenvalue weighted by Gasteiger charge is 2.16. The Kier molecular flexibility index (Phi) is 3.61. The van der Waals surface area contributed by atoms with Gasteiger partial charge in [0.15, 0.2) is 0 Å². The molecule has 1 aromatic rings. The quantitative estimate of drug-likeness (QED) is 0.883. The molecule has 0 aliphatic heterocycles. The normalized spacial score (nSPS) is 13.8. The van der Waals surface area contributed by atoms with Crippen molar-refractivity contribution in [2.75, 3.05) is 0 Å². The minimum atomic E-state index is -2.45. The fraction of sp³-hybridized carbons (Fsp3) is 0.429. The molecule has 2 N–H and O–H groups in total. The number of nitrogens with two attached hydrogens (primary N) is 1. The molecule has 1 atom stereocenters. The Morgan fingerprint density at radius 3 is 2.67 bits per heavy atom. The van der Waals surface area contributed by atoms with E-state index >= 15 is 0 Å².